The lowest BCUT2D eigenvalue weighted by atomic mass is 10.1. The van der Waals surface area contributed by atoms with Crippen LogP contribution in [0.15, 0.2) is 42.6 Å². The van der Waals surface area contributed by atoms with E-state index in [2.05, 4.69) is 35.5 Å². The van der Waals surface area contributed by atoms with Gasteiger partial charge in [0.25, 0.3) is 0 Å². The molecule has 1 aliphatic rings. The van der Waals surface area contributed by atoms with Gasteiger partial charge in [-0.05, 0) is 24.6 Å². The summed E-state index contributed by atoms with van der Waals surface area (Å²) in [5.74, 6) is 0. The number of nitrogens with one attached hydrogen (secondary N) is 1. The Morgan fingerprint density at radius 1 is 1.43 bits per heavy atom. The van der Waals surface area contributed by atoms with Gasteiger partial charge >= 0.3 is 0 Å². The van der Waals surface area contributed by atoms with Crippen molar-refractivity contribution in [2.24, 2.45) is 0 Å². The van der Waals surface area contributed by atoms with Gasteiger partial charge in [0.05, 0.1) is 11.4 Å². The van der Waals surface area contributed by atoms with Gasteiger partial charge in [-0.1, -0.05) is 25.1 Å². The number of aromatic nitrogens is 1. The lowest BCUT2D eigenvalue weighted by Crippen LogP contribution is -2.27. The quantitative estimate of drug-likeness (QED) is 0.767. The lowest BCUT2D eigenvalue weighted by molar-refractivity contribution is 0.681. The lowest BCUT2D eigenvalue weighted by Gasteiger charge is -2.19. The highest BCUT2D eigenvalue weighted by molar-refractivity contribution is 5.64. The summed E-state index contributed by atoms with van der Waals surface area (Å²) in [6.07, 6.45) is 9.24. The van der Waals surface area contributed by atoms with Gasteiger partial charge in [0.1, 0.15) is 0 Å². The summed E-state index contributed by atoms with van der Waals surface area (Å²) >= 11 is 0. The minimum atomic E-state index is 0.442. The summed E-state index contributed by atoms with van der Waals surface area (Å²) in [6.45, 7) is 2.17. The third kappa shape index (κ3) is 1.84. The van der Waals surface area contributed by atoms with E-state index in [9.17, 15) is 0 Å². The second kappa shape index (κ2) is 4.09. The fourth-order valence-electron chi connectivity index (χ4n) is 1.50. The molecule has 0 radical (unpaired) electrons. The average Bonchev–Trinajstić information content (AvgIpc) is 2.30. The Hall–Kier alpha value is -1.57. The standard InChI is InChI=1S/C12H14N2/c1-2-10-6-5-8-12(14-10)11-7-3-4-9-13-11/h3-10,14H,2H2,1H3. The van der Waals surface area contributed by atoms with Crippen LogP contribution in [-0.4, -0.2) is 11.0 Å². The van der Waals surface area contributed by atoms with Crippen molar-refractivity contribution in [2.45, 2.75) is 19.4 Å². The maximum atomic E-state index is 4.31. The molecule has 0 spiro atoms. The summed E-state index contributed by atoms with van der Waals surface area (Å²) in [5, 5.41) is 3.43. The molecule has 2 heterocycles. The van der Waals surface area contributed by atoms with Crippen molar-refractivity contribution in [1.82, 2.24) is 10.3 Å². The predicted molar refractivity (Wildman–Crippen MR) is 58.6 cm³/mol. The first-order valence-corrected chi connectivity index (χ1v) is 4.96. The number of dihydropyridines is 1. The highest BCUT2D eigenvalue weighted by Gasteiger charge is 2.09. The zero-order valence-electron chi connectivity index (χ0n) is 8.27. The molecule has 1 unspecified atom stereocenters. The summed E-state index contributed by atoms with van der Waals surface area (Å²) in [4.78, 5) is 4.31. The van der Waals surface area contributed by atoms with E-state index in [1.807, 2.05) is 24.4 Å². The van der Waals surface area contributed by atoms with Crippen molar-refractivity contribution in [1.29, 1.82) is 0 Å². The van der Waals surface area contributed by atoms with Crippen LogP contribution in [0.25, 0.3) is 5.70 Å². The van der Waals surface area contributed by atoms with Gasteiger partial charge in [-0.3, -0.25) is 4.98 Å². The Morgan fingerprint density at radius 3 is 3.07 bits per heavy atom. The van der Waals surface area contributed by atoms with Crippen molar-refractivity contribution in [3.63, 3.8) is 0 Å². The predicted octanol–water partition coefficient (Wildman–Crippen LogP) is 2.36. The minimum Gasteiger partial charge on any atom is -0.377 e. The number of nitrogens with zero attached hydrogens (tertiary/aromatic N) is 1. The van der Waals surface area contributed by atoms with E-state index < -0.39 is 0 Å². The molecule has 0 saturated heterocycles. The first-order chi connectivity index (χ1) is 6.90. The molecule has 0 bridgehead atoms. The molecule has 2 rings (SSSR count). The molecule has 1 atom stereocenters. The number of rotatable bonds is 2. The molecule has 72 valence electrons. The fraction of sp³-hybridized carbons (Fsp3) is 0.250. The van der Waals surface area contributed by atoms with Crippen LogP contribution < -0.4 is 5.32 Å². The SMILES string of the molecule is CCC1C=CC=C(c2ccccn2)N1. The zero-order valence-corrected chi connectivity index (χ0v) is 8.27. The summed E-state index contributed by atoms with van der Waals surface area (Å²) in [6, 6.07) is 6.39. The van der Waals surface area contributed by atoms with Crippen LogP contribution in [0, 0.1) is 0 Å². The molecule has 2 nitrogen and oxygen atoms in total. The van der Waals surface area contributed by atoms with Crippen LogP contribution in [0.5, 0.6) is 0 Å². The maximum Gasteiger partial charge on any atom is 0.0861 e. The summed E-state index contributed by atoms with van der Waals surface area (Å²) in [5.41, 5.74) is 2.12. The molecule has 0 aromatic carbocycles. The van der Waals surface area contributed by atoms with E-state index in [0.717, 1.165) is 17.8 Å². The summed E-state index contributed by atoms with van der Waals surface area (Å²) in [7, 11) is 0. The molecule has 1 aromatic rings. The van der Waals surface area contributed by atoms with E-state index in [0.29, 0.717) is 6.04 Å². The molecule has 0 aliphatic carbocycles. The van der Waals surface area contributed by atoms with Crippen LogP contribution in [0.2, 0.25) is 0 Å². The molecular formula is C12H14N2. The Bertz CT molecular complexity index is 352. The highest BCUT2D eigenvalue weighted by Crippen LogP contribution is 2.13. The van der Waals surface area contributed by atoms with Gasteiger partial charge in [-0.2, -0.15) is 0 Å². The Balaban J connectivity index is 2.21. The van der Waals surface area contributed by atoms with Crippen LogP contribution in [0.4, 0.5) is 0 Å². The van der Waals surface area contributed by atoms with Crippen LogP contribution >= 0.6 is 0 Å². The van der Waals surface area contributed by atoms with Crippen molar-refractivity contribution in [2.75, 3.05) is 0 Å². The van der Waals surface area contributed by atoms with E-state index in [1.165, 1.54) is 0 Å². The highest BCUT2D eigenvalue weighted by atomic mass is 14.9. The van der Waals surface area contributed by atoms with Crippen molar-refractivity contribution < 1.29 is 0 Å². The van der Waals surface area contributed by atoms with Gasteiger partial charge in [0.2, 0.25) is 0 Å². The largest absolute Gasteiger partial charge is 0.377 e. The van der Waals surface area contributed by atoms with E-state index >= 15 is 0 Å². The molecule has 1 N–H and O–H groups in total. The Kier molecular flexibility index (Phi) is 2.63. The number of hydrogen-bond donors (Lipinski definition) is 1. The first-order valence-electron chi connectivity index (χ1n) is 4.96. The number of hydrogen-bond acceptors (Lipinski definition) is 2. The van der Waals surface area contributed by atoms with Gasteiger partial charge in [0.15, 0.2) is 0 Å². The van der Waals surface area contributed by atoms with Crippen molar-refractivity contribution in [3.8, 4) is 0 Å². The third-order valence-electron chi connectivity index (χ3n) is 2.33. The van der Waals surface area contributed by atoms with E-state index in [1.54, 1.807) is 0 Å². The molecule has 0 fully saturated rings. The fourth-order valence-corrected chi connectivity index (χ4v) is 1.50. The molecule has 0 amide bonds. The van der Waals surface area contributed by atoms with Gasteiger partial charge in [-0.15, -0.1) is 0 Å². The van der Waals surface area contributed by atoms with Gasteiger partial charge in [0, 0.05) is 12.2 Å². The Labute approximate surface area is 84.4 Å². The third-order valence-corrected chi connectivity index (χ3v) is 2.33. The van der Waals surface area contributed by atoms with Crippen molar-refractivity contribution in [3.05, 3.63) is 48.3 Å². The van der Waals surface area contributed by atoms with Crippen LogP contribution in [-0.2, 0) is 0 Å². The smallest absolute Gasteiger partial charge is 0.0861 e. The molecule has 0 saturated carbocycles. The molecule has 1 aromatic heterocycles. The van der Waals surface area contributed by atoms with Gasteiger partial charge < -0.3 is 5.32 Å². The molecule has 14 heavy (non-hydrogen) atoms. The normalized spacial score (nSPS) is 20.1. The second-order valence-corrected chi connectivity index (χ2v) is 3.34. The Morgan fingerprint density at radius 2 is 2.36 bits per heavy atom. The second-order valence-electron chi connectivity index (χ2n) is 3.34. The molecule has 2 heteroatoms. The molecular weight excluding hydrogens is 172 g/mol. The molecule has 1 aliphatic heterocycles. The summed E-state index contributed by atoms with van der Waals surface area (Å²) < 4.78 is 0. The van der Waals surface area contributed by atoms with E-state index in [4.69, 9.17) is 0 Å². The van der Waals surface area contributed by atoms with Crippen LogP contribution in [0.1, 0.15) is 19.0 Å². The maximum absolute atomic E-state index is 4.31. The number of allylic oxidation sites excluding steroid dienone is 2. The van der Waals surface area contributed by atoms with Crippen LogP contribution in [0.3, 0.4) is 0 Å². The van der Waals surface area contributed by atoms with E-state index in [-0.39, 0.29) is 0 Å². The topological polar surface area (TPSA) is 24.9 Å². The monoisotopic (exact) mass is 186 g/mol. The van der Waals surface area contributed by atoms with Crippen molar-refractivity contribution >= 4 is 5.70 Å². The zero-order chi connectivity index (χ0) is 9.80. The minimum absolute atomic E-state index is 0.442. The number of pyridine rings is 1. The first kappa shape index (κ1) is 9.00. The average molecular weight is 186 g/mol. The van der Waals surface area contributed by atoms with Gasteiger partial charge in [-0.25, -0.2) is 0 Å².